The molecule has 1 aromatic carbocycles. The summed E-state index contributed by atoms with van der Waals surface area (Å²) in [6.45, 7) is 0. The maximum Gasteiger partial charge on any atom is 0.113 e. The van der Waals surface area contributed by atoms with Crippen molar-refractivity contribution in [3.05, 3.63) is 36.5 Å². The molecule has 0 atom stereocenters. The quantitative estimate of drug-likeness (QED) is 0.804. The Hall–Kier alpha value is -1.64. The highest BCUT2D eigenvalue weighted by Gasteiger charge is 2.15. The molecule has 1 fully saturated rings. The molecule has 1 heterocycles. The van der Waals surface area contributed by atoms with Gasteiger partial charge in [0.05, 0.1) is 12.2 Å². The molecule has 0 unspecified atom stereocenters. The fourth-order valence-electron chi connectivity index (χ4n) is 2.90. The van der Waals surface area contributed by atoms with Crippen LogP contribution in [0.3, 0.4) is 0 Å². The summed E-state index contributed by atoms with van der Waals surface area (Å²) >= 11 is 0. The predicted molar refractivity (Wildman–Crippen MR) is 76.8 cm³/mol. The van der Waals surface area contributed by atoms with Crippen LogP contribution in [0.4, 0.5) is 0 Å². The van der Waals surface area contributed by atoms with Crippen molar-refractivity contribution < 1.29 is 0 Å². The molecular weight excluding hydrogens is 234 g/mol. The summed E-state index contributed by atoms with van der Waals surface area (Å²) in [5.74, 6) is 0. The van der Waals surface area contributed by atoms with E-state index in [0.29, 0.717) is 6.04 Å². The molecule has 1 aromatic heterocycles. The van der Waals surface area contributed by atoms with Crippen LogP contribution in [0.2, 0.25) is 0 Å². The lowest BCUT2D eigenvalue weighted by Crippen LogP contribution is -2.11. The van der Waals surface area contributed by atoms with E-state index in [1.54, 1.807) is 0 Å². The minimum absolute atomic E-state index is 0.547. The van der Waals surface area contributed by atoms with Gasteiger partial charge in [-0.3, -0.25) is 0 Å². The fraction of sp³-hybridized carbons (Fsp3) is 0.500. The van der Waals surface area contributed by atoms with Gasteiger partial charge in [-0.05, 0) is 12.8 Å². The number of benzene rings is 1. The maximum absolute atomic E-state index is 4.36. The number of nitrogens with zero attached hydrogens (tertiary/aromatic N) is 3. The van der Waals surface area contributed by atoms with Gasteiger partial charge >= 0.3 is 0 Å². The van der Waals surface area contributed by atoms with E-state index in [1.807, 2.05) is 18.2 Å². The molecule has 1 aliphatic rings. The molecule has 0 aliphatic heterocycles. The Morgan fingerprint density at radius 2 is 1.58 bits per heavy atom. The topological polar surface area (TPSA) is 30.7 Å². The van der Waals surface area contributed by atoms with Crippen molar-refractivity contribution >= 4 is 0 Å². The molecule has 0 N–H and O–H groups in total. The summed E-state index contributed by atoms with van der Waals surface area (Å²) in [6.07, 6.45) is 11.4. The first-order chi connectivity index (χ1) is 9.43. The summed E-state index contributed by atoms with van der Waals surface area (Å²) in [4.78, 5) is 0. The number of rotatable bonds is 2. The molecule has 2 aromatic rings. The lowest BCUT2D eigenvalue weighted by atomic mass is 9.97. The monoisotopic (exact) mass is 255 g/mol. The second-order valence-corrected chi connectivity index (χ2v) is 5.45. The Morgan fingerprint density at radius 1 is 0.895 bits per heavy atom. The van der Waals surface area contributed by atoms with Crippen LogP contribution in [-0.2, 0) is 0 Å². The zero-order valence-electron chi connectivity index (χ0n) is 11.3. The molecule has 0 bridgehead atoms. The average molecular weight is 255 g/mol. The van der Waals surface area contributed by atoms with Crippen LogP contribution >= 0.6 is 0 Å². The summed E-state index contributed by atoms with van der Waals surface area (Å²) in [5.41, 5.74) is 2.14. The van der Waals surface area contributed by atoms with Crippen LogP contribution in [0.25, 0.3) is 11.3 Å². The molecule has 0 amide bonds. The normalized spacial score (nSPS) is 17.9. The maximum atomic E-state index is 4.36. The summed E-state index contributed by atoms with van der Waals surface area (Å²) in [6, 6.07) is 10.8. The van der Waals surface area contributed by atoms with Gasteiger partial charge in [-0.1, -0.05) is 67.6 Å². The Kier molecular flexibility index (Phi) is 3.92. The van der Waals surface area contributed by atoms with Gasteiger partial charge in [0, 0.05) is 5.56 Å². The number of hydrogen-bond donors (Lipinski definition) is 0. The van der Waals surface area contributed by atoms with Crippen LogP contribution in [0.5, 0.6) is 0 Å². The molecule has 1 saturated carbocycles. The number of aromatic nitrogens is 3. The largest absolute Gasteiger partial charge is 0.249 e. The first-order valence-corrected chi connectivity index (χ1v) is 7.41. The van der Waals surface area contributed by atoms with Crippen molar-refractivity contribution in [1.29, 1.82) is 0 Å². The van der Waals surface area contributed by atoms with Gasteiger partial charge < -0.3 is 0 Å². The summed E-state index contributed by atoms with van der Waals surface area (Å²) in [7, 11) is 0. The Labute approximate surface area is 114 Å². The zero-order valence-corrected chi connectivity index (χ0v) is 11.3. The Morgan fingerprint density at radius 3 is 2.32 bits per heavy atom. The SMILES string of the molecule is c1ccc(-c2cn(C3CCCCCCC3)nn2)cc1. The highest BCUT2D eigenvalue weighted by Crippen LogP contribution is 2.27. The van der Waals surface area contributed by atoms with Gasteiger partial charge in [-0.25, -0.2) is 4.68 Å². The highest BCUT2D eigenvalue weighted by molar-refractivity contribution is 5.57. The molecule has 3 heteroatoms. The second kappa shape index (κ2) is 6.00. The van der Waals surface area contributed by atoms with Gasteiger partial charge in [0.15, 0.2) is 0 Å². The first kappa shape index (κ1) is 12.4. The van der Waals surface area contributed by atoms with E-state index >= 15 is 0 Å². The van der Waals surface area contributed by atoms with Crippen molar-refractivity contribution in [2.75, 3.05) is 0 Å². The van der Waals surface area contributed by atoms with Gasteiger partial charge in [-0.2, -0.15) is 0 Å². The molecule has 0 saturated heterocycles. The van der Waals surface area contributed by atoms with Crippen LogP contribution in [0.15, 0.2) is 36.5 Å². The average Bonchev–Trinajstić information content (AvgIpc) is 2.89. The third-order valence-corrected chi connectivity index (χ3v) is 4.03. The van der Waals surface area contributed by atoms with Crippen LogP contribution in [0.1, 0.15) is 51.0 Å². The highest BCUT2D eigenvalue weighted by atomic mass is 15.4. The molecular formula is C16H21N3. The zero-order chi connectivity index (χ0) is 12.9. The van der Waals surface area contributed by atoms with E-state index in [9.17, 15) is 0 Å². The van der Waals surface area contributed by atoms with E-state index in [0.717, 1.165) is 11.3 Å². The summed E-state index contributed by atoms with van der Waals surface area (Å²) < 4.78 is 2.09. The van der Waals surface area contributed by atoms with E-state index in [-0.39, 0.29) is 0 Å². The van der Waals surface area contributed by atoms with Crippen molar-refractivity contribution in [2.24, 2.45) is 0 Å². The molecule has 3 rings (SSSR count). The smallest absolute Gasteiger partial charge is 0.113 e. The third-order valence-electron chi connectivity index (χ3n) is 4.03. The predicted octanol–water partition coefficient (Wildman–Crippen LogP) is 4.23. The molecule has 3 nitrogen and oxygen atoms in total. The van der Waals surface area contributed by atoms with Gasteiger partial charge in [0.1, 0.15) is 5.69 Å². The van der Waals surface area contributed by atoms with Crippen molar-refractivity contribution in [1.82, 2.24) is 15.0 Å². The minimum Gasteiger partial charge on any atom is -0.249 e. The standard InChI is InChI=1S/C16H21N3/c1-2-7-11-15(12-8-3-1)19-13-16(17-18-19)14-9-5-4-6-10-14/h4-6,9-10,13,15H,1-3,7-8,11-12H2. The molecule has 0 spiro atoms. The molecule has 0 radical (unpaired) electrons. The van der Waals surface area contributed by atoms with E-state index in [1.165, 1.54) is 44.9 Å². The second-order valence-electron chi connectivity index (χ2n) is 5.45. The van der Waals surface area contributed by atoms with Crippen molar-refractivity contribution in [3.8, 4) is 11.3 Å². The summed E-state index contributed by atoms with van der Waals surface area (Å²) in [5, 5.41) is 8.68. The fourth-order valence-corrected chi connectivity index (χ4v) is 2.90. The Bertz CT molecular complexity index is 496. The van der Waals surface area contributed by atoms with Gasteiger partial charge in [-0.15, -0.1) is 5.10 Å². The van der Waals surface area contributed by atoms with E-state index < -0.39 is 0 Å². The Balaban J connectivity index is 1.76. The third kappa shape index (κ3) is 3.03. The minimum atomic E-state index is 0.547. The van der Waals surface area contributed by atoms with Crippen molar-refractivity contribution in [3.63, 3.8) is 0 Å². The molecule has 19 heavy (non-hydrogen) atoms. The van der Waals surface area contributed by atoms with Crippen LogP contribution in [0, 0.1) is 0 Å². The first-order valence-electron chi connectivity index (χ1n) is 7.41. The number of hydrogen-bond acceptors (Lipinski definition) is 2. The van der Waals surface area contributed by atoms with Gasteiger partial charge in [0.2, 0.25) is 0 Å². The lowest BCUT2D eigenvalue weighted by molar-refractivity contribution is 0.342. The molecule has 1 aliphatic carbocycles. The van der Waals surface area contributed by atoms with Crippen LogP contribution < -0.4 is 0 Å². The van der Waals surface area contributed by atoms with Gasteiger partial charge in [0.25, 0.3) is 0 Å². The van der Waals surface area contributed by atoms with Crippen LogP contribution in [-0.4, -0.2) is 15.0 Å². The van der Waals surface area contributed by atoms with E-state index in [2.05, 4.69) is 33.3 Å². The van der Waals surface area contributed by atoms with E-state index in [4.69, 9.17) is 0 Å². The molecule has 100 valence electrons. The lowest BCUT2D eigenvalue weighted by Gasteiger charge is -2.19. The van der Waals surface area contributed by atoms with Crippen molar-refractivity contribution in [2.45, 2.75) is 51.0 Å².